The summed E-state index contributed by atoms with van der Waals surface area (Å²) in [7, 11) is -3.96. The first-order valence-corrected chi connectivity index (χ1v) is 9.88. The minimum atomic E-state index is -3.96. The number of nitrogens with one attached hydrogen (secondary N) is 1. The number of fused-ring (bicyclic) bond motifs is 1. The maximum absolute atomic E-state index is 12.4. The number of aryl methyl sites for hydroxylation is 1. The molecule has 0 aliphatic carbocycles. The molecule has 0 saturated heterocycles. The first-order valence-electron chi connectivity index (χ1n) is 8.07. The predicted molar refractivity (Wildman–Crippen MR) is 97.4 cm³/mol. The fourth-order valence-electron chi connectivity index (χ4n) is 2.74. The van der Waals surface area contributed by atoms with Gasteiger partial charge in [0.1, 0.15) is 11.4 Å². The number of hydrogen-bond donors (Lipinski definition) is 1. The molecule has 2 aromatic carbocycles. The molecule has 1 aliphatic rings. The molecule has 6 nitrogen and oxygen atoms in total. The highest BCUT2D eigenvalue weighted by Gasteiger charge is 2.41. The summed E-state index contributed by atoms with van der Waals surface area (Å²) >= 11 is 5.83. The lowest BCUT2D eigenvalue weighted by atomic mass is 10.1. The number of nitrogens with zero attached hydrogens (tertiary/aromatic N) is 1. The van der Waals surface area contributed by atoms with Crippen LogP contribution < -0.4 is 5.32 Å². The van der Waals surface area contributed by atoms with E-state index in [2.05, 4.69) is 5.32 Å². The lowest BCUT2D eigenvalue weighted by Gasteiger charge is -2.14. The summed E-state index contributed by atoms with van der Waals surface area (Å²) in [5.41, 5.74) is 1.19. The number of hydrogen-bond acceptors (Lipinski definition) is 4. The number of carbonyl (C=O) groups is 2. The standard InChI is InChI=1S/C18H17ClN2O4S/c19-14-9-7-13(8-10-14)4-3-11-20-17(22)12-21-18(23)15-5-1-2-6-16(15)26(21,24)25/h1-2,5-10H,3-4,11-12H2,(H,20,22). The van der Waals surface area contributed by atoms with Gasteiger partial charge >= 0.3 is 0 Å². The van der Waals surface area contributed by atoms with E-state index >= 15 is 0 Å². The van der Waals surface area contributed by atoms with Crippen LogP contribution in [0.1, 0.15) is 22.3 Å². The van der Waals surface area contributed by atoms with Gasteiger partial charge in [0.15, 0.2) is 0 Å². The van der Waals surface area contributed by atoms with Crippen LogP contribution in [-0.2, 0) is 21.2 Å². The van der Waals surface area contributed by atoms with Crippen LogP contribution in [0.25, 0.3) is 0 Å². The molecule has 1 aliphatic heterocycles. The smallest absolute Gasteiger partial charge is 0.269 e. The molecule has 2 amide bonds. The molecule has 0 aromatic heterocycles. The van der Waals surface area contributed by atoms with Crippen LogP contribution in [0, 0.1) is 0 Å². The molecule has 0 spiro atoms. The summed E-state index contributed by atoms with van der Waals surface area (Å²) in [5.74, 6) is -1.18. The summed E-state index contributed by atoms with van der Waals surface area (Å²) in [5, 5.41) is 3.32. The molecule has 1 N–H and O–H groups in total. The Bertz CT molecular complexity index is 942. The Morgan fingerprint density at radius 1 is 1.08 bits per heavy atom. The van der Waals surface area contributed by atoms with Crippen LogP contribution in [0.15, 0.2) is 53.4 Å². The van der Waals surface area contributed by atoms with E-state index in [0.29, 0.717) is 22.3 Å². The monoisotopic (exact) mass is 392 g/mol. The Kier molecular flexibility index (Phi) is 5.29. The Morgan fingerprint density at radius 2 is 1.77 bits per heavy atom. The van der Waals surface area contributed by atoms with Crippen molar-refractivity contribution in [3.05, 3.63) is 64.7 Å². The topological polar surface area (TPSA) is 83.6 Å². The van der Waals surface area contributed by atoms with Crippen LogP contribution in [0.3, 0.4) is 0 Å². The SMILES string of the molecule is O=C(CN1C(=O)c2ccccc2S1(=O)=O)NCCCc1ccc(Cl)cc1. The van der Waals surface area contributed by atoms with Crippen molar-refractivity contribution in [3.63, 3.8) is 0 Å². The number of benzene rings is 2. The van der Waals surface area contributed by atoms with Gasteiger partial charge in [-0.25, -0.2) is 12.7 Å². The van der Waals surface area contributed by atoms with E-state index in [1.165, 1.54) is 12.1 Å². The van der Waals surface area contributed by atoms with E-state index in [4.69, 9.17) is 11.6 Å². The van der Waals surface area contributed by atoms with Crippen molar-refractivity contribution in [3.8, 4) is 0 Å². The number of rotatable bonds is 6. The summed E-state index contributed by atoms with van der Waals surface area (Å²) in [6.45, 7) is -0.132. The van der Waals surface area contributed by atoms with Gasteiger partial charge in [0.2, 0.25) is 5.91 Å². The molecule has 0 fully saturated rings. The van der Waals surface area contributed by atoms with Crippen molar-refractivity contribution in [1.82, 2.24) is 9.62 Å². The molecule has 26 heavy (non-hydrogen) atoms. The lowest BCUT2D eigenvalue weighted by Crippen LogP contribution is -2.40. The van der Waals surface area contributed by atoms with Gasteiger partial charge in [-0.05, 0) is 42.7 Å². The van der Waals surface area contributed by atoms with E-state index in [0.717, 1.165) is 12.0 Å². The number of halogens is 1. The summed E-state index contributed by atoms with van der Waals surface area (Å²) in [6.07, 6.45) is 1.44. The molecular weight excluding hydrogens is 376 g/mol. The van der Waals surface area contributed by atoms with Gasteiger partial charge in [-0.15, -0.1) is 0 Å². The van der Waals surface area contributed by atoms with Crippen molar-refractivity contribution in [2.24, 2.45) is 0 Å². The predicted octanol–water partition coefficient (Wildman–Crippen LogP) is 2.23. The second-order valence-electron chi connectivity index (χ2n) is 5.89. The van der Waals surface area contributed by atoms with E-state index in [1.54, 1.807) is 24.3 Å². The molecule has 0 unspecified atom stereocenters. The fraction of sp³-hybridized carbons (Fsp3) is 0.222. The fourth-order valence-corrected chi connectivity index (χ4v) is 4.40. The van der Waals surface area contributed by atoms with Gasteiger partial charge in [-0.3, -0.25) is 9.59 Å². The average Bonchev–Trinajstić information content (AvgIpc) is 2.81. The molecule has 0 saturated carbocycles. The van der Waals surface area contributed by atoms with Crippen molar-refractivity contribution < 1.29 is 18.0 Å². The van der Waals surface area contributed by atoms with E-state index < -0.39 is 28.4 Å². The van der Waals surface area contributed by atoms with Crippen molar-refractivity contribution in [1.29, 1.82) is 0 Å². The maximum Gasteiger partial charge on any atom is 0.269 e. The molecule has 2 aromatic rings. The number of sulfonamides is 1. The molecule has 3 rings (SSSR count). The van der Waals surface area contributed by atoms with Crippen molar-refractivity contribution >= 4 is 33.4 Å². The normalized spacial score (nSPS) is 15.0. The third kappa shape index (κ3) is 3.73. The van der Waals surface area contributed by atoms with Crippen LogP contribution in [-0.4, -0.2) is 37.6 Å². The van der Waals surface area contributed by atoms with Crippen LogP contribution in [0.2, 0.25) is 5.02 Å². The van der Waals surface area contributed by atoms with E-state index in [9.17, 15) is 18.0 Å². The second-order valence-corrected chi connectivity index (χ2v) is 8.16. The maximum atomic E-state index is 12.4. The highest BCUT2D eigenvalue weighted by molar-refractivity contribution is 7.90. The Labute approximate surface area is 156 Å². The zero-order valence-corrected chi connectivity index (χ0v) is 15.4. The molecule has 0 radical (unpaired) electrons. The van der Waals surface area contributed by atoms with E-state index in [1.807, 2.05) is 12.1 Å². The minimum Gasteiger partial charge on any atom is -0.355 e. The van der Waals surface area contributed by atoms with Gasteiger partial charge < -0.3 is 5.32 Å². The van der Waals surface area contributed by atoms with Gasteiger partial charge in [0.05, 0.1) is 5.56 Å². The Balaban J connectivity index is 1.52. The third-order valence-corrected chi connectivity index (χ3v) is 6.12. The Morgan fingerprint density at radius 3 is 2.46 bits per heavy atom. The van der Waals surface area contributed by atoms with Crippen molar-refractivity contribution in [2.75, 3.05) is 13.1 Å². The molecule has 0 bridgehead atoms. The quantitative estimate of drug-likeness (QED) is 0.764. The lowest BCUT2D eigenvalue weighted by molar-refractivity contribution is -0.121. The molecule has 136 valence electrons. The Hall–Kier alpha value is -2.38. The van der Waals surface area contributed by atoms with Gasteiger partial charge in [-0.1, -0.05) is 35.9 Å². The van der Waals surface area contributed by atoms with Gasteiger partial charge in [0.25, 0.3) is 15.9 Å². The first kappa shape index (κ1) is 18.4. The highest BCUT2D eigenvalue weighted by Crippen LogP contribution is 2.29. The molecular formula is C18H17ClN2O4S. The second kappa shape index (κ2) is 7.47. The molecule has 0 atom stereocenters. The number of amides is 2. The summed E-state index contributed by atoms with van der Waals surface area (Å²) < 4.78 is 25.4. The highest BCUT2D eigenvalue weighted by atomic mass is 35.5. The minimum absolute atomic E-state index is 0.0551. The zero-order valence-electron chi connectivity index (χ0n) is 13.8. The van der Waals surface area contributed by atoms with Gasteiger partial charge in [-0.2, -0.15) is 0 Å². The van der Waals surface area contributed by atoms with Gasteiger partial charge in [0, 0.05) is 11.6 Å². The molecule has 8 heteroatoms. The third-order valence-electron chi connectivity index (χ3n) is 4.08. The zero-order chi connectivity index (χ0) is 18.7. The van der Waals surface area contributed by atoms with Crippen LogP contribution >= 0.6 is 11.6 Å². The first-order chi connectivity index (χ1) is 12.4. The van der Waals surface area contributed by atoms with Crippen LogP contribution in [0.4, 0.5) is 0 Å². The summed E-state index contributed by atoms with van der Waals surface area (Å²) in [4.78, 5) is 24.2. The average molecular weight is 393 g/mol. The largest absolute Gasteiger partial charge is 0.355 e. The summed E-state index contributed by atoms with van der Waals surface area (Å²) in [6, 6.07) is 13.4. The van der Waals surface area contributed by atoms with Crippen LogP contribution in [0.5, 0.6) is 0 Å². The number of carbonyl (C=O) groups excluding carboxylic acids is 2. The van der Waals surface area contributed by atoms with Crippen molar-refractivity contribution in [2.45, 2.75) is 17.7 Å². The molecule has 1 heterocycles. The van der Waals surface area contributed by atoms with E-state index in [-0.39, 0.29) is 10.5 Å².